The van der Waals surface area contributed by atoms with E-state index < -0.39 is 43.7 Å². The van der Waals surface area contributed by atoms with Crippen LogP contribution >= 0.6 is 0 Å². The predicted octanol–water partition coefficient (Wildman–Crippen LogP) is 1.46. The average Bonchev–Trinajstić information content (AvgIpc) is 2.25. The molecule has 0 atom stereocenters. The Balaban J connectivity index is 3.41. The van der Waals surface area contributed by atoms with Crippen molar-refractivity contribution in [1.29, 1.82) is 0 Å². The monoisotopic (exact) mass is 274 g/mol. The van der Waals surface area contributed by atoms with Crippen molar-refractivity contribution in [1.82, 2.24) is 0 Å². The summed E-state index contributed by atoms with van der Waals surface area (Å²) in [5, 5.41) is 8.61. The van der Waals surface area contributed by atoms with Crippen molar-refractivity contribution in [2.45, 2.75) is 11.3 Å². The van der Waals surface area contributed by atoms with Crippen molar-refractivity contribution in [2.24, 2.45) is 0 Å². The van der Waals surface area contributed by atoms with Crippen LogP contribution in [0.3, 0.4) is 0 Å². The maximum atomic E-state index is 13.7. The lowest BCUT2D eigenvalue weighted by Gasteiger charge is -2.07. The van der Waals surface area contributed by atoms with Crippen LogP contribution in [0.15, 0.2) is 17.0 Å². The number of halogens is 2. The molecule has 0 radical (unpaired) electrons. The predicted molar refractivity (Wildman–Crippen MR) is 58.8 cm³/mol. The van der Waals surface area contributed by atoms with E-state index in [1.807, 2.05) is 0 Å². The first-order chi connectivity index (χ1) is 8.31. The van der Waals surface area contributed by atoms with E-state index in [2.05, 4.69) is 5.92 Å². The zero-order chi connectivity index (χ0) is 13.9. The maximum Gasteiger partial charge on any atom is 0.341 e. The van der Waals surface area contributed by atoms with Gasteiger partial charge in [0.25, 0.3) is 0 Å². The first-order valence-electron chi connectivity index (χ1n) is 4.68. The highest BCUT2D eigenvalue weighted by Crippen LogP contribution is 2.22. The fourth-order valence-corrected chi connectivity index (χ4v) is 2.53. The van der Waals surface area contributed by atoms with Gasteiger partial charge in [-0.2, -0.15) is 0 Å². The molecule has 0 aliphatic rings. The summed E-state index contributed by atoms with van der Waals surface area (Å²) in [7, 11) is -4.07. The third-order valence-corrected chi connectivity index (χ3v) is 3.85. The average molecular weight is 274 g/mol. The highest BCUT2D eigenvalue weighted by atomic mass is 32.2. The van der Waals surface area contributed by atoms with E-state index >= 15 is 0 Å². The van der Waals surface area contributed by atoms with Gasteiger partial charge in [-0.25, -0.2) is 22.0 Å². The Labute approximate surface area is 102 Å². The van der Waals surface area contributed by atoms with E-state index in [-0.39, 0.29) is 6.42 Å². The summed E-state index contributed by atoms with van der Waals surface area (Å²) >= 11 is 0. The van der Waals surface area contributed by atoms with Crippen LogP contribution in [0.5, 0.6) is 0 Å². The molecular weight excluding hydrogens is 266 g/mol. The number of aromatic carboxylic acids is 1. The normalized spacial score (nSPS) is 10.9. The Bertz CT molecular complexity index is 629. The highest BCUT2D eigenvalue weighted by molar-refractivity contribution is 7.91. The zero-order valence-corrected chi connectivity index (χ0v) is 9.80. The van der Waals surface area contributed by atoms with Gasteiger partial charge in [-0.15, -0.1) is 12.3 Å². The number of terminal acetylenes is 1. The van der Waals surface area contributed by atoms with E-state index in [1.54, 1.807) is 0 Å². The van der Waals surface area contributed by atoms with Crippen molar-refractivity contribution in [2.75, 3.05) is 5.75 Å². The molecule has 0 heterocycles. The van der Waals surface area contributed by atoms with Gasteiger partial charge in [0.15, 0.2) is 15.7 Å². The van der Waals surface area contributed by atoms with Gasteiger partial charge >= 0.3 is 5.97 Å². The van der Waals surface area contributed by atoms with Crippen LogP contribution in [-0.4, -0.2) is 25.2 Å². The molecule has 0 unspecified atom stereocenters. The van der Waals surface area contributed by atoms with Crippen molar-refractivity contribution in [3.8, 4) is 12.3 Å². The quantitative estimate of drug-likeness (QED) is 0.666. The zero-order valence-electron chi connectivity index (χ0n) is 8.98. The molecule has 0 spiro atoms. The first kappa shape index (κ1) is 14.1. The molecule has 1 N–H and O–H groups in total. The lowest BCUT2D eigenvalue weighted by atomic mass is 10.2. The SMILES string of the molecule is C#CCCS(=O)(=O)c1ccc(F)c(C(=O)O)c1F. The minimum atomic E-state index is -4.07. The molecule has 0 saturated heterocycles. The number of carbonyl (C=O) groups is 1. The molecule has 1 aromatic rings. The second kappa shape index (κ2) is 5.14. The Morgan fingerprint density at radius 3 is 2.50 bits per heavy atom. The number of benzene rings is 1. The highest BCUT2D eigenvalue weighted by Gasteiger charge is 2.26. The molecular formula is C11H8F2O4S. The van der Waals surface area contributed by atoms with Crippen LogP contribution < -0.4 is 0 Å². The Kier molecular flexibility index (Phi) is 4.03. The minimum absolute atomic E-state index is 0.151. The van der Waals surface area contributed by atoms with Crippen LogP contribution in [0.2, 0.25) is 0 Å². The maximum absolute atomic E-state index is 13.7. The topological polar surface area (TPSA) is 71.4 Å². The largest absolute Gasteiger partial charge is 0.477 e. The number of rotatable bonds is 4. The molecule has 4 nitrogen and oxygen atoms in total. The van der Waals surface area contributed by atoms with Crippen LogP contribution in [-0.2, 0) is 9.84 Å². The molecule has 0 bridgehead atoms. The van der Waals surface area contributed by atoms with Gasteiger partial charge in [0.2, 0.25) is 0 Å². The van der Waals surface area contributed by atoms with Gasteiger partial charge < -0.3 is 5.11 Å². The lowest BCUT2D eigenvalue weighted by Crippen LogP contribution is -2.13. The summed E-state index contributed by atoms with van der Waals surface area (Å²) < 4.78 is 50.0. The van der Waals surface area contributed by atoms with Gasteiger partial charge in [0, 0.05) is 6.42 Å². The van der Waals surface area contributed by atoms with E-state index in [0.29, 0.717) is 12.1 Å². The van der Waals surface area contributed by atoms with Crippen molar-refractivity contribution in [3.05, 3.63) is 29.3 Å². The summed E-state index contributed by atoms with van der Waals surface area (Å²) in [5.41, 5.74) is -1.29. The smallest absolute Gasteiger partial charge is 0.341 e. The molecule has 18 heavy (non-hydrogen) atoms. The first-order valence-corrected chi connectivity index (χ1v) is 6.34. The molecule has 0 saturated carbocycles. The molecule has 1 aromatic carbocycles. The number of sulfone groups is 1. The molecule has 0 amide bonds. The number of hydrogen-bond donors (Lipinski definition) is 1. The lowest BCUT2D eigenvalue weighted by molar-refractivity contribution is 0.0685. The minimum Gasteiger partial charge on any atom is -0.477 e. The third-order valence-electron chi connectivity index (χ3n) is 2.12. The molecule has 0 aliphatic carbocycles. The number of carboxylic acid groups (broad SMARTS) is 1. The Morgan fingerprint density at radius 1 is 1.39 bits per heavy atom. The molecule has 1 rings (SSSR count). The molecule has 96 valence electrons. The number of carboxylic acids is 1. The second-order valence-electron chi connectivity index (χ2n) is 3.31. The summed E-state index contributed by atoms with van der Waals surface area (Å²) in [6.07, 6.45) is 4.74. The van der Waals surface area contributed by atoms with Crippen LogP contribution in [0.4, 0.5) is 8.78 Å². The Morgan fingerprint density at radius 2 is 2.00 bits per heavy atom. The van der Waals surface area contributed by atoms with Gasteiger partial charge in [-0.05, 0) is 12.1 Å². The summed E-state index contributed by atoms with van der Waals surface area (Å²) in [6.45, 7) is 0. The van der Waals surface area contributed by atoms with Crippen LogP contribution in [0.1, 0.15) is 16.8 Å². The van der Waals surface area contributed by atoms with E-state index in [0.717, 1.165) is 0 Å². The van der Waals surface area contributed by atoms with E-state index in [1.165, 1.54) is 0 Å². The Hall–Kier alpha value is -1.94. The third kappa shape index (κ3) is 2.65. The fourth-order valence-electron chi connectivity index (χ4n) is 1.27. The molecule has 0 fully saturated rings. The van der Waals surface area contributed by atoms with Crippen molar-refractivity contribution >= 4 is 15.8 Å². The second-order valence-corrected chi connectivity index (χ2v) is 5.39. The van der Waals surface area contributed by atoms with Crippen molar-refractivity contribution < 1.29 is 27.1 Å². The molecule has 0 aromatic heterocycles. The van der Waals surface area contributed by atoms with Gasteiger partial charge in [-0.3, -0.25) is 0 Å². The fraction of sp³-hybridized carbons (Fsp3) is 0.182. The molecule has 7 heteroatoms. The van der Waals surface area contributed by atoms with Crippen molar-refractivity contribution in [3.63, 3.8) is 0 Å². The summed E-state index contributed by atoms with van der Waals surface area (Å²) in [6, 6.07) is 1.28. The summed E-state index contributed by atoms with van der Waals surface area (Å²) in [5.74, 6) is -3.29. The van der Waals surface area contributed by atoms with Gasteiger partial charge in [-0.1, -0.05) is 0 Å². The molecule has 0 aliphatic heterocycles. The van der Waals surface area contributed by atoms with Crippen LogP contribution in [0.25, 0.3) is 0 Å². The summed E-state index contributed by atoms with van der Waals surface area (Å²) in [4.78, 5) is 9.76. The number of hydrogen-bond acceptors (Lipinski definition) is 3. The van der Waals surface area contributed by atoms with Crippen LogP contribution in [0, 0.1) is 24.0 Å². The van der Waals surface area contributed by atoms with Gasteiger partial charge in [0.05, 0.1) is 5.75 Å². The standard InChI is InChI=1S/C11H8F2O4S/c1-2-3-6-18(16,17)8-5-4-7(12)9(10(8)13)11(14)15/h1,4-5H,3,6H2,(H,14,15). The van der Waals surface area contributed by atoms with E-state index in [9.17, 15) is 22.0 Å². The van der Waals surface area contributed by atoms with E-state index in [4.69, 9.17) is 11.5 Å². The van der Waals surface area contributed by atoms with Gasteiger partial charge in [0.1, 0.15) is 16.3 Å².